The molecule has 17 heavy (non-hydrogen) atoms. The van der Waals surface area contributed by atoms with E-state index < -0.39 is 0 Å². The van der Waals surface area contributed by atoms with Gasteiger partial charge in [0.05, 0.1) is 0 Å². The molecule has 0 aliphatic rings. The third kappa shape index (κ3) is 4.44. The molecule has 2 N–H and O–H groups in total. The van der Waals surface area contributed by atoms with Crippen LogP contribution in [-0.2, 0) is 11.2 Å². The van der Waals surface area contributed by atoms with Crippen LogP contribution < -0.4 is 5.73 Å². The van der Waals surface area contributed by atoms with Crippen molar-refractivity contribution in [1.29, 1.82) is 0 Å². The van der Waals surface area contributed by atoms with E-state index in [2.05, 4.69) is 0 Å². The lowest BCUT2D eigenvalue weighted by Crippen LogP contribution is -2.15. The molecule has 0 heterocycles. The second kappa shape index (κ2) is 6.72. The van der Waals surface area contributed by atoms with E-state index >= 15 is 0 Å². The lowest BCUT2D eigenvalue weighted by atomic mass is 9.95. The van der Waals surface area contributed by atoms with E-state index in [4.69, 9.17) is 17.3 Å². The molecule has 0 radical (unpaired) electrons. The molecule has 1 atom stereocenters. The highest BCUT2D eigenvalue weighted by molar-refractivity contribution is 6.31. The van der Waals surface area contributed by atoms with Gasteiger partial charge in [0.15, 0.2) is 0 Å². The van der Waals surface area contributed by atoms with Crippen LogP contribution in [0.4, 0.5) is 4.39 Å². The first-order chi connectivity index (χ1) is 8.04. The molecule has 1 unspecified atom stereocenters. The Morgan fingerprint density at radius 3 is 2.82 bits per heavy atom. The van der Waals surface area contributed by atoms with Crippen molar-refractivity contribution in [2.45, 2.75) is 26.2 Å². The average molecular weight is 258 g/mol. The second-order valence-corrected chi connectivity index (χ2v) is 4.62. The number of nitrogens with two attached hydrogens (primary N) is 1. The molecule has 0 amide bonds. The van der Waals surface area contributed by atoms with Gasteiger partial charge in [-0.25, -0.2) is 4.39 Å². The molecule has 1 aromatic carbocycles. The maximum atomic E-state index is 12.8. The average Bonchev–Trinajstić information content (AvgIpc) is 2.29. The number of ketones is 1. The number of carbonyl (C=O) groups excluding carboxylic acids is 1. The molecule has 0 aromatic heterocycles. The number of hydrogen-bond donors (Lipinski definition) is 1. The van der Waals surface area contributed by atoms with Gasteiger partial charge in [-0.05, 0) is 37.1 Å². The first kappa shape index (κ1) is 14.1. The third-order valence-corrected chi connectivity index (χ3v) is 3.12. The second-order valence-electron chi connectivity index (χ2n) is 4.21. The summed E-state index contributed by atoms with van der Waals surface area (Å²) in [6.45, 7) is 2.48. The fourth-order valence-electron chi connectivity index (χ4n) is 1.61. The number of Topliss-reactive ketones (excluding diaryl/α,β-unsaturated/α-hetero) is 1. The van der Waals surface area contributed by atoms with Crippen LogP contribution in [0.3, 0.4) is 0 Å². The van der Waals surface area contributed by atoms with E-state index in [1.807, 2.05) is 6.92 Å². The standard InChI is InChI=1S/C13H17ClFNO/c1-9(3-2-6-16)13(17)7-10-4-5-11(15)8-12(10)14/h4-5,8-9H,2-3,6-7,16H2,1H3. The van der Waals surface area contributed by atoms with Crippen molar-refractivity contribution < 1.29 is 9.18 Å². The summed E-state index contributed by atoms with van der Waals surface area (Å²) in [5.41, 5.74) is 6.07. The number of hydrogen-bond acceptors (Lipinski definition) is 2. The van der Waals surface area contributed by atoms with Gasteiger partial charge in [-0.15, -0.1) is 0 Å². The fourth-order valence-corrected chi connectivity index (χ4v) is 1.85. The lowest BCUT2D eigenvalue weighted by molar-refractivity contribution is -0.121. The number of carbonyl (C=O) groups is 1. The predicted molar refractivity (Wildman–Crippen MR) is 67.6 cm³/mol. The van der Waals surface area contributed by atoms with Crippen molar-refractivity contribution in [3.63, 3.8) is 0 Å². The molecule has 0 bridgehead atoms. The Labute approximate surface area is 106 Å². The van der Waals surface area contributed by atoms with Crippen molar-refractivity contribution in [1.82, 2.24) is 0 Å². The molecule has 0 spiro atoms. The molecule has 0 fully saturated rings. The highest BCUT2D eigenvalue weighted by atomic mass is 35.5. The zero-order chi connectivity index (χ0) is 12.8. The molecule has 0 aliphatic heterocycles. The van der Waals surface area contributed by atoms with Gasteiger partial charge >= 0.3 is 0 Å². The third-order valence-electron chi connectivity index (χ3n) is 2.77. The molecule has 0 saturated carbocycles. The Balaban J connectivity index is 2.61. The van der Waals surface area contributed by atoms with Crippen LogP contribution in [0.1, 0.15) is 25.3 Å². The molecule has 0 aliphatic carbocycles. The van der Waals surface area contributed by atoms with Gasteiger partial charge in [0.2, 0.25) is 0 Å². The summed E-state index contributed by atoms with van der Waals surface area (Å²) in [6.07, 6.45) is 1.88. The molecular formula is C13H17ClFNO. The quantitative estimate of drug-likeness (QED) is 0.851. The van der Waals surface area contributed by atoms with Gasteiger partial charge in [0.25, 0.3) is 0 Å². The Hall–Kier alpha value is -0.930. The van der Waals surface area contributed by atoms with Crippen LogP contribution in [-0.4, -0.2) is 12.3 Å². The predicted octanol–water partition coefficient (Wildman–Crippen LogP) is 2.97. The fraction of sp³-hybridized carbons (Fsp3) is 0.462. The highest BCUT2D eigenvalue weighted by Crippen LogP contribution is 2.20. The number of rotatable bonds is 6. The summed E-state index contributed by atoms with van der Waals surface area (Å²) in [4.78, 5) is 11.9. The highest BCUT2D eigenvalue weighted by Gasteiger charge is 2.14. The minimum absolute atomic E-state index is 0.0281. The van der Waals surface area contributed by atoms with Crippen molar-refractivity contribution in [2.24, 2.45) is 11.7 Å². The smallest absolute Gasteiger partial charge is 0.140 e. The van der Waals surface area contributed by atoms with Gasteiger partial charge in [-0.1, -0.05) is 24.6 Å². The molecule has 1 aromatic rings. The summed E-state index contributed by atoms with van der Waals surface area (Å²) in [5, 5.41) is 0.310. The van der Waals surface area contributed by atoms with Crippen molar-refractivity contribution in [2.75, 3.05) is 6.54 Å². The Kier molecular flexibility index (Phi) is 5.59. The van der Waals surface area contributed by atoms with Gasteiger partial charge < -0.3 is 5.73 Å². The van der Waals surface area contributed by atoms with Gasteiger partial charge in [-0.2, -0.15) is 0 Å². The molecule has 0 saturated heterocycles. The summed E-state index contributed by atoms with van der Waals surface area (Å²) in [7, 11) is 0. The molecular weight excluding hydrogens is 241 g/mol. The van der Waals surface area contributed by atoms with E-state index in [9.17, 15) is 9.18 Å². The van der Waals surface area contributed by atoms with Crippen LogP contribution in [0.25, 0.3) is 0 Å². The largest absolute Gasteiger partial charge is 0.330 e. The Bertz CT molecular complexity index is 395. The van der Waals surface area contributed by atoms with Crippen LogP contribution >= 0.6 is 11.6 Å². The molecule has 1 rings (SSSR count). The van der Waals surface area contributed by atoms with Crippen LogP contribution in [0.5, 0.6) is 0 Å². The topological polar surface area (TPSA) is 43.1 Å². The summed E-state index contributed by atoms with van der Waals surface area (Å²) in [6, 6.07) is 4.11. The summed E-state index contributed by atoms with van der Waals surface area (Å²) in [5.74, 6) is -0.297. The SMILES string of the molecule is CC(CCCN)C(=O)Cc1ccc(F)cc1Cl. The van der Waals surface area contributed by atoms with E-state index in [1.165, 1.54) is 12.1 Å². The minimum Gasteiger partial charge on any atom is -0.330 e. The lowest BCUT2D eigenvalue weighted by Gasteiger charge is -2.10. The van der Waals surface area contributed by atoms with E-state index in [0.29, 0.717) is 17.1 Å². The van der Waals surface area contributed by atoms with E-state index in [-0.39, 0.29) is 23.9 Å². The van der Waals surface area contributed by atoms with E-state index in [1.54, 1.807) is 6.07 Å². The zero-order valence-corrected chi connectivity index (χ0v) is 10.6. The van der Waals surface area contributed by atoms with Crippen LogP contribution in [0, 0.1) is 11.7 Å². The van der Waals surface area contributed by atoms with Crippen molar-refractivity contribution in [3.8, 4) is 0 Å². The van der Waals surface area contributed by atoms with Crippen molar-refractivity contribution >= 4 is 17.4 Å². The normalized spacial score (nSPS) is 12.5. The number of halogens is 2. The van der Waals surface area contributed by atoms with Gasteiger partial charge in [0, 0.05) is 17.4 Å². The first-order valence-electron chi connectivity index (χ1n) is 5.71. The minimum atomic E-state index is -0.387. The summed E-state index contributed by atoms with van der Waals surface area (Å²) >= 11 is 5.87. The molecule has 2 nitrogen and oxygen atoms in total. The first-order valence-corrected chi connectivity index (χ1v) is 6.09. The zero-order valence-electron chi connectivity index (χ0n) is 9.88. The monoisotopic (exact) mass is 257 g/mol. The van der Waals surface area contributed by atoms with Crippen LogP contribution in [0.15, 0.2) is 18.2 Å². The maximum Gasteiger partial charge on any atom is 0.140 e. The van der Waals surface area contributed by atoms with Gasteiger partial charge in [0.1, 0.15) is 11.6 Å². The van der Waals surface area contributed by atoms with Crippen molar-refractivity contribution in [3.05, 3.63) is 34.6 Å². The Morgan fingerprint density at radius 2 is 2.24 bits per heavy atom. The molecule has 4 heteroatoms. The Morgan fingerprint density at radius 1 is 1.53 bits per heavy atom. The summed E-state index contributed by atoms with van der Waals surface area (Å²) < 4.78 is 12.8. The number of benzene rings is 1. The van der Waals surface area contributed by atoms with E-state index in [0.717, 1.165) is 12.8 Å². The maximum absolute atomic E-state index is 12.8. The van der Waals surface area contributed by atoms with Crippen LogP contribution in [0.2, 0.25) is 5.02 Å². The molecule has 94 valence electrons. The van der Waals surface area contributed by atoms with Gasteiger partial charge in [-0.3, -0.25) is 4.79 Å².